The topological polar surface area (TPSA) is 99.2 Å². The largest absolute Gasteiger partial charge is 0.371 e. The van der Waals surface area contributed by atoms with Crippen molar-refractivity contribution in [2.75, 3.05) is 18.0 Å². The highest BCUT2D eigenvalue weighted by Gasteiger charge is 2.32. The zero-order chi connectivity index (χ0) is 20.7. The average Bonchev–Trinajstić information content (AvgIpc) is 3.02. The fourth-order valence-corrected chi connectivity index (χ4v) is 3.68. The van der Waals surface area contributed by atoms with Gasteiger partial charge in [-0.3, -0.25) is 4.79 Å². The van der Waals surface area contributed by atoms with Gasteiger partial charge in [0, 0.05) is 24.7 Å². The second-order valence-corrected chi connectivity index (χ2v) is 8.05. The third kappa shape index (κ3) is 3.60. The van der Waals surface area contributed by atoms with Crippen molar-refractivity contribution in [3.05, 3.63) is 51.8 Å². The van der Waals surface area contributed by atoms with Gasteiger partial charge in [-0.2, -0.15) is 10.2 Å². The van der Waals surface area contributed by atoms with Crippen molar-refractivity contribution in [1.82, 2.24) is 25.1 Å². The van der Waals surface area contributed by atoms with Crippen LogP contribution in [0.1, 0.15) is 36.3 Å². The minimum absolute atomic E-state index is 0.169. The van der Waals surface area contributed by atoms with Gasteiger partial charge in [-0.25, -0.2) is 4.68 Å². The van der Waals surface area contributed by atoms with Crippen LogP contribution >= 0.6 is 0 Å². The molecule has 0 aromatic carbocycles. The molecule has 1 saturated carbocycles. The van der Waals surface area contributed by atoms with Crippen LogP contribution in [0.25, 0.3) is 11.4 Å². The summed E-state index contributed by atoms with van der Waals surface area (Å²) in [7, 11) is 0. The summed E-state index contributed by atoms with van der Waals surface area (Å²) in [4.78, 5) is 14.8. The summed E-state index contributed by atoms with van der Waals surface area (Å²) < 4.78 is 12.8. The molecule has 2 aliphatic rings. The van der Waals surface area contributed by atoms with E-state index < -0.39 is 0 Å². The molecule has 0 bridgehead atoms. The first-order chi connectivity index (χ1) is 14.6. The van der Waals surface area contributed by atoms with E-state index in [4.69, 9.17) is 9.26 Å². The van der Waals surface area contributed by atoms with Gasteiger partial charge in [0.1, 0.15) is 17.1 Å². The van der Waals surface area contributed by atoms with Crippen LogP contribution < -0.4 is 10.5 Å². The second-order valence-electron chi connectivity index (χ2n) is 8.05. The summed E-state index contributed by atoms with van der Waals surface area (Å²) in [5.41, 5.74) is 3.44. The first-order valence-electron chi connectivity index (χ1n) is 10.3. The van der Waals surface area contributed by atoms with Crippen LogP contribution in [0.2, 0.25) is 0 Å². The molecule has 0 N–H and O–H groups in total. The third-order valence-corrected chi connectivity index (χ3v) is 5.84. The quantitative estimate of drug-likeness (QED) is 0.612. The van der Waals surface area contributed by atoms with E-state index in [0.29, 0.717) is 23.3 Å². The van der Waals surface area contributed by atoms with E-state index in [1.54, 1.807) is 12.3 Å². The first kappa shape index (κ1) is 18.9. The number of aromatic nitrogens is 5. The fraction of sp³-hybridized carbons (Fsp3) is 0.476. The lowest BCUT2D eigenvalue weighted by atomic mass is 9.95. The van der Waals surface area contributed by atoms with Crippen molar-refractivity contribution < 1.29 is 9.26 Å². The number of hydrogen-bond acceptors (Lipinski definition) is 8. The summed E-state index contributed by atoms with van der Waals surface area (Å²) >= 11 is 0. The summed E-state index contributed by atoms with van der Waals surface area (Å²) in [6.07, 6.45) is 6.04. The van der Waals surface area contributed by atoms with Crippen LogP contribution in [0.15, 0.2) is 33.7 Å². The van der Waals surface area contributed by atoms with E-state index in [1.807, 2.05) is 26.0 Å². The molecule has 2 fully saturated rings. The molecule has 0 spiro atoms. The van der Waals surface area contributed by atoms with E-state index in [2.05, 4.69) is 25.4 Å². The van der Waals surface area contributed by atoms with Crippen LogP contribution in [-0.2, 0) is 11.3 Å². The Labute approximate surface area is 173 Å². The first-order valence-corrected chi connectivity index (χ1v) is 10.3. The maximum atomic E-state index is 12.7. The number of aryl methyl sites for hydroxylation is 2. The Bertz CT molecular complexity index is 1100. The zero-order valence-corrected chi connectivity index (χ0v) is 17.1. The highest BCUT2D eigenvalue weighted by Crippen LogP contribution is 2.28. The van der Waals surface area contributed by atoms with Gasteiger partial charge in [-0.1, -0.05) is 5.16 Å². The smallest absolute Gasteiger partial charge is 0.269 e. The van der Waals surface area contributed by atoms with Gasteiger partial charge in [-0.15, -0.1) is 5.10 Å². The molecular weight excluding hydrogens is 384 g/mol. The van der Waals surface area contributed by atoms with Gasteiger partial charge in [0.25, 0.3) is 5.56 Å². The lowest BCUT2D eigenvalue weighted by molar-refractivity contribution is -0.0614. The molecule has 9 nitrogen and oxygen atoms in total. The minimum atomic E-state index is -0.169. The number of nitrogens with zero attached hydrogens (tertiary/aromatic N) is 6. The summed E-state index contributed by atoms with van der Waals surface area (Å²) in [5, 5.41) is 16.7. The van der Waals surface area contributed by atoms with Gasteiger partial charge in [0.2, 0.25) is 0 Å². The van der Waals surface area contributed by atoms with Crippen molar-refractivity contribution in [2.45, 2.75) is 51.9 Å². The number of ether oxygens (including phenoxy) is 1. The Morgan fingerprint density at radius 1 is 1.17 bits per heavy atom. The van der Waals surface area contributed by atoms with Crippen LogP contribution in [0.5, 0.6) is 0 Å². The molecule has 0 unspecified atom stereocenters. The van der Waals surface area contributed by atoms with Crippen molar-refractivity contribution in [1.29, 1.82) is 0 Å². The molecule has 1 aliphatic carbocycles. The highest BCUT2D eigenvalue weighted by atomic mass is 16.5. The highest BCUT2D eigenvalue weighted by molar-refractivity contribution is 5.58. The molecule has 0 radical (unpaired) electrons. The summed E-state index contributed by atoms with van der Waals surface area (Å²) in [5.74, 6) is 0.629. The Balaban J connectivity index is 1.30. The molecule has 156 valence electrons. The number of anilines is 1. The Kier molecular flexibility index (Phi) is 4.82. The average molecular weight is 408 g/mol. The maximum absolute atomic E-state index is 12.7. The fourth-order valence-electron chi connectivity index (χ4n) is 3.68. The van der Waals surface area contributed by atoms with Crippen LogP contribution in [0, 0.1) is 13.8 Å². The van der Waals surface area contributed by atoms with E-state index >= 15 is 0 Å². The molecule has 5 rings (SSSR count). The molecule has 30 heavy (non-hydrogen) atoms. The van der Waals surface area contributed by atoms with E-state index in [0.717, 1.165) is 30.0 Å². The van der Waals surface area contributed by atoms with E-state index in [9.17, 15) is 4.79 Å². The molecule has 1 saturated heterocycles. The van der Waals surface area contributed by atoms with Gasteiger partial charge >= 0.3 is 0 Å². The van der Waals surface area contributed by atoms with Crippen molar-refractivity contribution in [2.24, 2.45) is 0 Å². The normalized spacial score (nSPS) is 17.1. The van der Waals surface area contributed by atoms with Crippen molar-refractivity contribution in [3.63, 3.8) is 0 Å². The molecule has 3 aromatic heterocycles. The zero-order valence-electron chi connectivity index (χ0n) is 17.1. The summed E-state index contributed by atoms with van der Waals surface area (Å²) in [6.45, 7) is 5.56. The van der Waals surface area contributed by atoms with E-state index in [-0.39, 0.29) is 18.2 Å². The van der Waals surface area contributed by atoms with Crippen molar-refractivity contribution >= 4 is 5.69 Å². The van der Waals surface area contributed by atoms with Crippen molar-refractivity contribution in [3.8, 4) is 11.4 Å². The second kappa shape index (κ2) is 7.64. The molecule has 3 aromatic rings. The van der Waals surface area contributed by atoms with Gasteiger partial charge in [0.05, 0.1) is 36.3 Å². The molecular formula is C21H24N6O3. The monoisotopic (exact) mass is 408 g/mol. The predicted octanol–water partition coefficient (Wildman–Crippen LogP) is 2.11. The Morgan fingerprint density at radius 2 is 2.00 bits per heavy atom. The molecule has 0 atom stereocenters. The Hall–Kier alpha value is -3.07. The maximum Gasteiger partial charge on any atom is 0.269 e. The standard InChI is InChI=1S/C21H24N6O3/c1-13-6-7-19(24-23-13)21-18(14(2)30-25-21)12-27-20(28)8-15(9-22-27)26-10-17(11-26)29-16-4-3-5-16/h6-9,16-17H,3-5,10-12H2,1-2H3. The minimum Gasteiger partial charge on any atom is -0.371 e. The van der Waals surface area contributed by atoms with Crippen LogP contribution in [0.3, 0.4) is 0 Å². The molecule has 4 heterocycles. The van der Waals surface area contributed by atoms with Gasteiger partial charge < -0.3 is 14.2 Å². The summed E-state index contributed by atoms with van der Waals surface area (Å²) in [6, 6.07) is 5.33. The van der Waals surface area contributed by atoms with Crippen LogP contribution in [0.4, 0.5) is 5.69 Å². The lowest BCUT2D eigenvalue weighted by Crippen LogP contribution is -2.54. The molecule has 1 aliphatic heterocycles. The molecule has 0 amide bonds. The van der Waals surface area contributed by atoms with E-state index in [1.165, 1.54) is 23.9 Å². The SMILES string of the molecule is Cc1ccc(-c2noc(C)c2Cn2ncc(N3CC(OC4CCC4)C3)cc2=O)nn1. The Morgan fingerprint density at radius 3 is 2.67 bits per heavy atom. The number of rotatable bonds is 6. The van der Waals surface area contributed by atoms with Crippen LogP contribution in [-0.4, -0.2) is 50.4 Å². The van der Waals surface area contributed by atoms with Gasteiger partial charge in [-0.05, 0) is 45.2 Å². The predicted molar refractivity (Wildman–Crippen MR) is 109 cm³/mol. The third-order valence-electron chi connectivity index (χ3n) is 5.84. The lowest BCUT2D eigenvalue weighted by Gasteiger charge is -2.43. The van der Waals surface area contributed by atoms with Gasteiger partial charge in [0.15, 0.2) is 0 Å². The molecule has 9 heteroatoms. The number of hydrogen-bond donors (Lipinski definition) is 0.